The lowest BCUT2D eigenvalue weighted by atomic mass is 10.0. The first-order chi connectivity index (χ1) is 16.5. The molecule has 1 unspecified atom stereocenters. The molecular formula is C25H28F2N6O. The molecule has 2 fully saturated rings. The number of likely N-dealkylation sites (N-methyl/N-ethyl adjacent to an activating group) is 1. The summed E-state index contributed by atoms with van der Waals surface area (Å²) in [6.07, 6.45) is 8.39. The van der Waals surface area contributed by atoms with Crippen molar-refractivity contribution in [1.29, 1.82) is 0 Å². The molecule has 0 spiro atoms. The number of rotatable bonds is 5. The van der Waals surface area contributed by atoms with Crippen molar-refractivity contribution in [1.82, 2.24) is 24.4 Å². The highest BCUT2D eigenvalue weighted by atomic mass is 19.1. The van der Waals surface area contributed by atoms with Crippen molar-refractivity contribution in [3.05, 3.63) is 65.5 Å². The summed E-state index contributed by atoms with van der Waals surface area (Å²) in [5.74, 6) is -0.204. The average molecular weight is 467 g/mol. The minimum atomic E-state index is -0.448. The van der Waals surface area contributed by atoms with E-state index in [0.29, 0.717) is 23.6 Å². The summed E-state index contributed by atoms with van der Waals surface area (Å²) in [6.45, 7) is 7.05. The highest BCUT2D eigenvalue weighted by molar-refractivity contribution is 5.92. The number of nitrogens with zero attached hydrogens (tertiary/aromatic N) is 6. The molecule has 0 saturated carbocycles. The quantitative estimate of drug-likeness (QED) is 0.539. The second-order valence-corrected chi connectivity index (χ2v) is 8.76. The summed E-state index contributed by atoms with van der Waals surface area (Å²) in [6, 6.07) is 5.14. The maximum absolute atomic E-state index is 14.5. The number of hydrogen-bond acceptors (Lipinski definition) is 5. The molecule has 0 aliphatic carbocycles. The number of amides is 1. The summed E-state index contributed by atoms with van der Waals surface area (Å²) in [4.78, 5) is 23.6. The molecule has 0 bridgehead atoms. The first kappa shape index (κ1) is 22.5. The lowest BCUT2D eigenvalue weighted by Gasteiger charge is -2.33. The summed E-state index contributed by atoms with van der Waals surface area (Å²) >= 11 is 0. The van der Waals surface area contributed by atoms with E-state index in [4.69, 9.17) is 4.98 Å². The smallest absolute Gasteiger partial charge is 0.246 e. The van der Waals surface area contributed by atoms with Crippen LogP contribution in [0.4, 0.5) is 14.6 Å². The van der Waals surface area contributed by atoms with Crippen LogP contribution >= 0.6 is 0 Å². The molecule has 5 rings (SSSR count). The molecule has 178 valence electrons. The predicted octanol–water partition coefficient (Wildman–Crippen LogP) is 3.53. The Morgan fingerprint density at radius 1 is 1.15 bits per heavy atom. The van der Waals surface area contributed by atoms with Crippen molar-refractivity contribution in [3.8, 4) is 0 Å². The minimum Gasteiger partial charge on any atom is -0.349 e. The Labute approximate surface area is 197 Å². The maximum atomic E-state index is 14.5. The Hall–Kier alpha value is -3.33. The van der Waals surface area contributed by atoms with Gasteiger partial charge in [-0.05, 0) is 49.7 Å². The Morgan fingerprint density at radius 2 is 1.97 bits per heavy atom. The Balaban J connectivity index is 1.37. The van der Waals surface area contributed by atoms with Gasteiger partial charge in [-0.1, -0.05) is 6.92 Å². The van der Waals surface area contributed by atoms with Gasteiger partial charge in [0, 0.05) is 56.1 Å². The summed E-state index contributed by atoms with van der Waals surface area (Å²) < 4.78 is 29.9. The third-order valence-corrected chi connectivity index (χ3v) is 6.78. The van der Waals surface area contributed by atoms with Crippen LogP contribution in [0.2, 0.25) is 0 Å². The molecule has 0 radical (unpaired) electrons. The summed E-state index contributed by atoms with van der Waals surface area (Å²) in [5, 5.41) is 4.34. The number of carbonyl (C=O) groups is 1. The van der Waals surface area contributed by atoms with Gasteiger partial charge in [-0.25, -0.2) is 18.3 Å². The van der Waals surface area contributed by atoms with Crippen LogP contribution in [0, 0.1) is 11.6 Å². The first-order valence-corrected chi connectivity index (χ1v) is 11.8. The van der Waals surface area contributed by atoms with Gasteiger partial charge >= 0.3 is 0 Å². The second kappa shape index (κ2) is 9.50. The molecular weight excluding hydrogens is 438 g/mol. The summed E-state index contributed by atoms with van der Waals surface area (Å²) in [5.41, 5.74) is 1.69. The fourth-order valence-corrected chi connectivity index (χ4v) is 4.84. The second-order valence-electron chi connectivity index (χ2n) is 8.76. The van der Waals surface area contributed by atoms with Crippen LogP contribution < -0.4 is 4.90 Å². The van der Waals surface area contributed by atoms with Gasteiger partial charge < -0.3 is 14.7 Å². The molecule has 1 aromatic carbocycles. The highest BCUT2D eigenvalue weighted by Crippen LogP contribution is 2.36. The van der Waals surface area contributed by atoms with Crippen LogP contribution in [-0.2, 0) is 4.79 Å². The van der Waals surface area contributed by atoms with Gasteiger partial charge in [-0.2, -0.15) is 5.10 Å². The van der Waals surface area contributed by atoms with Gasteiger partial charge in [-0.15, -0.1) is 0 Å². The molecule has 2 saturated heterocycles. The van der Waals surface area contributed by atoms with Crippen LogP contribution in [0.25, 0.3) is 11.7 Å². The molecule has 2 aromatic heterocycles. The maximum Gasteiger partial charge on any atom is 0.246 e. The van der Waals surface area contributed by atoms with Crippen LogP contribution in [0.15, 0.2) is 42.7 Å². The van der Waals surface area contributed by atoms with Gasteiger partial charge in [0.15, 0.2) is 5.65 Å². The van der Waals surface area contributed by atoms with Crippen molar-refractivity contribution in [2.45, 2.75) is 25.8 Å². The van der Waals surface area contributed by atoms with Gasteiger partial charge in [0.25, 0.3) is 0 Å². The Kier molecular flexibility index (Phi) is 6.28. The van der Waals surface area contributed by atoms with Crippen LogP contribution in [0.3, 0.4) is 0 Å². The number of fused-ring (bicyclic) bond motifs is 1. The van der Waals surface area contributed by atoms with E-state index in [-0.39, 0.29) is 11.9 Å². The van der Waals surface area contributed by atoms with E-state index in [9.17, 15) is 13.6 Å². The highest BCUT2D eigenvalue weighted by Gasteiger charge is 2.30. The molecule has 1 atom stereocenters. The molecule has 7 nitrogen and oxygen atoms in total. The molecule has 0 N–H and O–H groups in total. The Morgan fingerprint density at radius 3 is 2.76 bits per heavy atom. The van der Waals surface area contributed by atoms with Crippen LogP contribution in [-0.4, -0.2) is 69.6 Å². The zero-order valence-electron chi connectivity index (χ0n) is 19.2. The fourth-order valence-electron chi connectivity index (χ4n) is 4.84. The number of hydrogen-bond donors (Lipinski definition) is 0. The molecule has 9 heteroatoms. The van der Waals surface area contributed by atoms with Crippen LogP contribution in [0.1, 0.15) is 36.9 Å². The topological polar surface area (TPSA) is 57.0 Å². The number of aromatic nitrogens is 3. The monoisotopic (exact) mass is 466 g/mol. The van der Waals surface area contributed by atoms with Crippen molar-refractivity contribution < 1.29 is 13.6 Å². The standard InChI is InChI=1S/C25H28F2N6O/c1-2-30-12-14-31(15-13-30)24(34)8-5-18-17-28-33-11-9-23(29-25(18)33)32-10-3-4-22(32)20-16-19(26)6-7-21(20)27/h5-9,11,16-17,22H,2-4,10,12-15H2,1H3. The van der Waals surface area contributed by atoms with E-state index in [0.717, 1.165) is 57.2 Å². The van der Waals surface area contributed by atoms with E-state index < -0.39 is 11.6 Å². The number of piperazine rings is 1. The van der Waals surface area contributed by atoms with Crippen LogP contribution in [0.5, 0.6) is 0 Å². The number of carbonyl (C=O) groups excluding carboxylic acids is 1. The molecule has 2 aliphatic rings. The SMILES string of the molecule is CCN1CCN(C(=O)C=Cc2cnn3ccc(N4CCCC4c4cc(F)ccc4F)nc23)CC1. The number of halogens is 2. The lowest BCUT2D eigenvalue weighted by Crippen LogP contribution is -2.48. The minimum absolute atomic E-state index is 0.0209. The zero-order chi connectivity index (χ0) is 23.7. The molecule has 34 heavy (non-hydrogen) atoms. The predicted molar refractivity (Wildman–Crippen MR) is 126 cm³/mol. The number of benzene rings is 1. The van der Waals surface area contributed by atoms with E-state index in [1.807, 2.05) is 15.9 Å². The average Bonchev–Trinajstić information content (AvgIpc) is 3.51. The first-order valence-electron chi connectivity index (χ1n) is 11.8. The Bertz CT molecular complexity index is 1220. The van der Waals surface area contributed by atoms with Gasteiger partial charge in [0.05, 0.1) is 12.2 Å². The van der Waals surface area contributed by atoms with Crippen molar-refractivity contribution in [3.63, 3.8) is 0 Å². The molecule has 4 heterocycles. The van der Waals surface area contributed by atoms with E-state index in [1.54, 1.807) is 29.1 Å². The fraction of sp³-hybridized carbons (Fsp3) is 0.400. The van der Waals surface area contributed by atoms with Gasteiger partial charge in [0.2, 0.25) is 5.91 Å². The van der Waals surface area contributed by atoms with Gasteiger partial charge in [-0.3, -0.25) is 4.79 Å². The van der Waals surface area contributed by atoms with Crippen molar-refractivity contribution in [2.75, 3.05) is 44.2 Å². The van der Waals surface area contributed by atoms with Gasteiger partial charge in [0.1, 0.15) is 17.5 Å². The lowest BCUT2D eigenvalue weighted by molar-refractivity contribution is -0.127. The zero-order valence-corrected chi connectivity index (χ0v) is 19.2. The van der Waals surface area contributed by atoms with E-state index in [2.05, 4.69) is 16.9 Å². The molecule has 2 aliphatic heterocycles. The molecule has 1 amide bonds. The molecule has 3 aromatic rings. The van der Waals surface area contributed by atoms with Crippen molar-refractivity contribution >= 4 is 23.4 Å². The number of anilines is 1. The van der Waals surface area contributed by atoms with Crippen molar-refractivity contribution in [2.24, 2.45) is 0 Å². The van der Waals surface area contributed by atoms with E-state index >= 15 is 0 Å². The summed E-state index contributed by atoms with van der Waals surface area (Å²) in [7, 11) is 0. The third-order valence-electron chi connectivity index (χ3n) is 6.78. The normalized spacial score (nSPS) is 19.6. The third kappa shape index (κ3) is 4.40. The largest absolute Gasteiger partial charge is 0.349 e. The van der Waals surface area contributed by atoms with E-state index in [1.165, 1.54) is 12.1 Å².